The van der Waals surface area contributed by atoms with Gasteiger partial charge in [-0.05, 0) is 44.4 Å². The average molecular weight is 371 g/mol. The smallest absolute Gasteiger partial charge is 0.307 e. The monoisotopic (exact) mass is 371 g/mol. The molecule has 2 aliphatic heterocycles. The topological polar surface area (TPSA) is 89.9 Å². The van der Waals surface area contributed by atoms with E-state index in [0.29, 0.717) is 38.0 Å². The highest BCUT2D eigenvalue weighted by atomic mass is 16.4. The molecule has 2 amide bonds. The summed E-state index contributed by atoms with van der Waals surface area (Å²) in [7, 11) is 0. The Hall–Kier alpha value is -2.41. The first-order chi connectivity index (χ1) is 13.0. The lowest BCUT2D eigenvalue weighted by Crippen LogP contribution is -2.62. The van der Waals surface area contributed by atoms with Gasteiger partial charge in [0, 0.05) is 6.54 Å². The van der Waals surface area contributed by atoms with Crippen LogP contribution in [0.25, 0.3) is 0 Å². The molecule has 2 N–H and O–H groups in total. The number of anilines is 2. The van der Waals surface area contributed by atoms with E-state index in [4.69, 9.17) is 0 Å². The summed E-state index contributed by atoms with van der Waals surface area (Å²) < 4.78 is 0. The Labute approximate surface area is 158 Å². The first-order valence-corrected chi connectivity index (χ1v) is 9.70. The number of carbonyl (C=O) groups is 3. The maximum Gasteiger partial charge on any atom is 0.307 e. The highest BCUT2D eigenvalue weighted by molar-refractivity contribution is 6.15. The van der Waals surface area contributed by atoms with Crippen molar-refractivity contribution in [3.8, 4) is 0 Å². The fourth-order valence-corrected chi connectivity index (χ4v) is 4.79. The molecule has 27 heavy (non-hydrogen) atoms. The molecule has 7 heteroatoms. The molecular formula is C20H25N3O4. The van der Waals surface area contributed by atoms with Crippen LogP contribution in [-0.2, 0) is 14.4 Å². The molecule has 1 aromatic rings. The van der Waals surface area contributed by atoms with Crippen LogP contribution in [0, 0.1) is 5.92 Å². The Morgan fingerprint density at radius 1 is 1.19 bits per heavy atom. The number of likely N-dealkylation sites (tertiary alicyclic amines) is 1. The summed E-state index contributed by atoms with van der Waals surface area (Å²) in [6.07, 6.45) is 4.59. The Balaban J connectivity index is 1.62. The minimum Gasteiger partial charge on any atom is -0.481 e. The second-order valence-corrected chi connectivity index (χ2v) is 7.85. The molecule has 1 aromatic carbocycles. The number of para-hydroxylation sites is 2. The molecular weight excluding hydrogens is 346 g/mol. The first-order valence-electron chi connectivity index (χ1n) is 9.70. The number of piperidine rings is 1. The van der Waals surface area contributed by atoms with Crippen LogP contribution < -0.4 is 10.2 Å². The van der Waals surface area contributed by atoms with Crippen LogP contribution >= 0.6 is 0 Å². The lowest BCUT2D eigenvalue weighted by atomic mass is 9.89. The normalized spacial score (nSPS) is 24.5. The van der Waals surface area contributed by atoms with E-state index in [2.05, 4.69) is 5.32 Å². The summed E-state index contributed by atoms with van der Waals surface area (Å²) in [6, 6.07) is 7.41. The van der Waals surface area contributed by atoms with Gasteiger partial charge in [0.2, 0.25) is 5.91 Å². The Morgan fingerprint density at radius 2 is 1.93 bits per heavy atom. The number of amides is 2. The number of carbonyl (C=O) groups excluding carboxylic acids is 2. The SMILES string of the molecule is O=C(O)C1CCCN(CC(=O)N2c3ccccc3NC(=O)C23CCCC3)C1. The van der Waals surface area contributed by atoms with Crippen molar-refractivity contribution >= 4 is 29.2 Å². The number of hydrogen-bond donors (Lipinski definition) is 2. The van der Waals surface area contributed by atoms with Gasteiger partial charge in [-0.2, -0.15) is 0 Å². The molecule has 1 saturated heterocycles. The van der Waals surface area contributed by atoms with Gasteiger partial charge in [-0.3, -0.25) is 24.2 Å². The van der Waals surface area contributed by atoms with Crippen LogP contribution in [0.4, 0.5) is 11.4 Å². The maximum absolute atomic E-state index is 13.4. The molecule has 1 aliphatic carbocycles. The van der Waals surface area contributed by atoms with Crippen molar-refractivity contribution in [2.75, 3.05) is 29.9 Å². The minimum absolute atomic E-state index is 0.103. The van der Waals surface area contributed by atoms with Crippen LogP contribution in [0.15, 0.2) is 24.3 Å². The lowest BCUT2D eigenvalue weighted by Gasteiger charge is -2.45. The number of fused-ring (bicyclic) bond motifs is 1. The molecule has 144 valence electrons. The fourth-order valence-electron chi connectivity index (χ4n) is 4.79. The molecule has 0 aromatic heterocycles. The van der Waals surface area contributed by atoms with E-state index in [0.717, 1.165) is 24.9 Å². The summed E-state index contributed by atoms with van der Waals surface area (Å²) >= 11 is 0. The molecule has 2 heterocycles. The standard InChI is InChI=1S/C20H25N3O4/c24-17(13-22-11-5-6-14(12-22)18(25)26)23-16-8-2-1-7-15(16)21-19(27)20(23)9-3-4-10-20/h1-2,7-8,14H,3-6,9-13H2,(H,21,27)(H,25,26). The van der Waals surface area contributed by atoms with E-state index in [1.807, 2.05) is 29.2 Å². The second-order valence-electron chi connectivity index (χ2n) is 7.85. The van der Waals surface area contributed by atoms with E-state index in [9.17, 15) is 19.5 Å². The molecule has 1 spiro atoms. The van der Waals surface area contributed by atoms with Gasteiger partial charge in [-0.1, -0.05) is 25.0 Å². The van der Waals surface area contributed by atoms with E-state index in [-0.39, 0.29) is 18.4 Å². The van der Waals surface area contributed by atoms with Crippen molar-refractivity contribution in [2.24, 2.45) is 5.92 Å². The van der Waals surface area contributed by atoms with Gasteiger partial charge in [-0.15, -0.1) is 0 Å². The molecule has 2 fully saturated rings. The number of rotatable bonds is 3. The van der Waals surface area contributed by atoms with Gasteiger partial charge < -0.3 is 10.4 Å². The van der Waals surface area contributed by atoms with Crippen molar-refractivity contribution in [3.05, 3.63) is 24.3 Å². The van der Waals surface area contributed by atoms with Gasteiger partial charge in [0.15, 0.2) is 0 Å². The molecule has 1 unspecified atom stereocenters. The van der Waals surface area contributed by atoms with Crippen LogP contribution in [-0.4, -0.2) is 53.0 Å². The second kappa shape index (κ2) is 6.96. The van der Waals surface area contributed by atoms with Gasteiger partial charge in [0.25, 0.3) is 5.91 Å². The summed E-state index contributed by atoms with van der Waals surface area (Å²) in [5.74, 6) is -1.45. The predicted octanol–water partition coefficient (Wildman–Crippen LogP) is 2.08. The molecule has 7 nitrogen and oxygen atoms in total. The van der Waals surface area contributed by atoms with Crippen molar-refractivity contribution in [3.63, 3.8) is 0 Å². The number of nitrogens with zero attached hydrogens (tertiary/aromatic N) is 2. The molecule has 4 rings (SSSR count). The number of hydrogen-bond acceptors (Lipinski definition) is 4. The zero-order valence-electron chi connectivity index (χ0n) is 15.3. The molecule has 1 saturated carbocycles. The van der Waals surface area contributed by atoms with E-state index < -0.39 is 17.4 Å². The third-order valence-corrected chi connectivity index (χ3v) is 6.14. The number of benzene rings is 1. The third-order valence-electron chi connectivity index (χ3n) is 6.14. The highest BCUT2D eigenvalue weighted by Crippen LogP contribution is 2.45. The molecule has 1 atom stereocenters. The van der Waals surface area contributed by atoms with Crippen LogP contribution in [0.2, 0.25) is 0 Å². The van der Waals surface area contributed by atoms with Gasteiger partial charge >= 0.3 is 5.97 Å². The van der Waals surface area contributed by atoms with E-state index in [1.54, 1.807) is 4.90 Å². The van der Waals surface area contributed by atoms with Gasteiger partial charge in [-0.25, -0.2) is 0 Å². The summed E-state index contributed by atoms with van der Waals surface area (Å²) in [5.41, 5.74) is 0.596. The van der Waals surface area contributed by atoms with Crippen LogP contribution in [0.3, 0.4) is 0 Å². The molecule has 3 aliphatic rings. The summed E-state index contributed by atoms with van der Waals surface area (Å²) in [6.45, 7) is 1.24. The number of nitrogens with one attached hydrogen (secondary N) is 1. The van der Waals surface area contributed by atoms with Crippen molar-refractivity contribution in [1.29, 1.82) is 0 Å². The highest BCUT2D eigenvalue weighted by Gasteiger charge is 2.52. The number of carboxylic acid groups (broad SMARTS) is 1. The predicted molar refractivity (Wildman–Crippen MR) is 101 cm³/mol. The molecule has 0 bridgehead atoms. The van der Waals surface area contributed by atoms with Crippen molar-refractivity contribution < 1.29 is 19.5 Å². The first kappa shape index (κ1) is 18.0. The summed E-state index contributed by atoms with van der Waals surface area (Å²) in [5, 5.41) is 12.3. The third kappa shape index (κ3) is 3.10. The fraction of sp³-hybridized carbons (Fsp3) is 0.550. The Kier molecular flexibility index (Phi) is 4.63. The zero-order valence-corrected chi connectivity index (χ0v) is 15.3. The van der Waals surface area contributed by atoms with Crippen molar-refractivity contribution in [2.45, 2.75) is 44.1 Å². The molecule has 0 radical (unpaired) electrons. The van der Waals surface area contributed by atoms with E-state index >= 15 is 0 Å². The average Bonchev–Trinajstić information content (AvgIpc) is 3.13. The van der Waals surface area contributed by atoms with Gasteiger partial charge in [0.05, 0.1) is 23.8 Å². The quantitative estimate of drug-likeness (QED) is 0.849. The largest absolute Gasteiger partial charge is 0.481 e. The minimum atomic E-state index is -0.812. The Morgan fingerprint density at radius 3 is 2.67 bits per heavy atom. The van der Waals surface area contributed by atoms with Gasteiger partial charge in [0.1, 0.15) is 5.54 Å². The van der Waals surface area contributed by atoms with E-state index in [1.165, 1.54) is 0 Å². The maximum atomic E-state index is 13.4. The summed E-state index contributed by atoms with van der Waals surface area (Å²) in [4.78, 5) is 41.3. The number of carboxylic acids is 1. The number of aliphatic carboxylic acids is 1. The lowest BCUT2D eigenvalue weighted by molar-refractivity contribution is -0.144. The Bertz CT molecular complexity index is 772. The van der Waals surface area contributed by atoms with Crippen LogP contribution in [0.1, 0.15) is 38.5 Å². The van der Waals surface area contributed by atoms with Crippen LogP contribution in [0.5, 0.6) is 0 Å². The van der Waals surface area contributed by atoms with Crippen molar-refractivity contribution in [1.82, 2.24) is 4.90 Å². The zero-order chi connectivity index (χ0) is 19.0.